The van der Waals surface area contributed by atoms with Gasteiger partial charge in [0.05, 0.1) is 0 Å². The monoisotopic (exact) mass is 290 g/mol. The predicted molar refractivity (Wildman–Crippen MR) is 76.8 cm³/mol. The fraction of sp³-hybridized carbons (Fsp3) is 0.235. The lowest BCUT2D eigenvalue weighted by Gasteiger charge is -2.11. The van der Waals surface area contributed by atoms with Crippen molar-refractivity contribution in [3.05, 3.63) is 64.2 Å². The molecule has 0 atom stereocenters. The number of rotatable bonds is 4. The molecular weight excluding hydrogens is 274 g/mol. The van der Waals surface area contributed by atoms with Crippen molar-refractivity contribution in [1.82, 2.24) is 0 Å². The van der Waals surface area contributed by atoms with Crippen LogP contribution in [-0.2, 0) is 0 Å². The quantitative estimate of drug-likeness (QED) is 0.791. The summed E-state index contributed by atoms with van der Waals surface area (Å²) in [6.07, 6.45) is 0. The Kier molecular flexibility index (Phi) is 4.36. The molecule has 0 aliphatic rings. The van der Waals surface area contributed by atoms with Crippen molar-refractivity contribution in [2.75, 3.05) is 6.61 Å². The van der Waals surface area contributed by atoms with Crippen LogP contribution in [0.3, 0.4) is 0 Å². The zero-order valence-electron chi connectivity index (χ0n) is 12.2. The van der Waals surface area contributed by atoms with Crippen molar-refractivity contribution >= 4 is 5.78 Å². The number of halogens is 2. The van der Waals surface area contributed by atoms with Gasteiger partial charge >= 0.3 is 0 Å². The van der Waals surface area contributed by atoms with E-state index in [1.54, 1.807) is 0 Å². The lowest BCUT2D eigenvalue weighted by molar-refractivity contribution is 0.0919. The van der Waals surface area contributed by atoms with Crippen LogP contribution in [-0.4, -0.2) is 12.4 Å². The van der Waals surface area contributed by atoms with E-state index in [-0.39, 0.29) is 18.1 Å². The number of ketones is 1. The van der Waals surface area contributed by atoms with Gasteiger partial charge in [-0.1, -0.05) is 17.7 Å². The summed E-state index contributed by atoms with van der Waals surface area (Å²) in [6.45, 7) is 5.41. The number of hydrogen-bond acceptors (Lipinski definition) is 2. The Hall–Kier alpha value is -2.23. The highest BCUT2D eigenvalue weighted by Gasteiger charge is 2.14. The highest BCUT2D eigenvalue weighted by atomic mass is 19.1. The molecule has 0 amide bonds. The first kappa shape index (κ1) is 15.2. The van der Waals surface area contributed by atoms with Crippen LogP contribution in [0.15, 0.2) is 30.3 Å². The molecular formula is C17H16F2O2. The summed E-state index contributed by atoms with van der Waals surface area (Å²) < 4.78 is 31.3. The van der Waals surface area contributed by atoms with Gasteiger partial charge in [0.2, 0.25) is 5.78 Å². The third-order valence-corrected chi connectivity index (χ3v) is 3.16. The van der Waals surface area contributed by atoms with Crippen molar-refractivity contribution in [2.45, 2.75) is 20.8 Å². The topological polar surface area (TPSA) is 26.3 Å². The Morgan fingerprint density at radius 1 is 0.952 bits per heavy atom. The predicted octanol–water partition coefficient (Wildman–Crippen LogP) is 4.15. The van der Waals surface area contributed by atoms with Gasteiger partial charge in [0.15, 0.2) is 6.61 Å². The maximum absolute atomic E-state index is 13.0. The van der Waals surface area contributed by atoms with Crippen LogP contribution >= 0.6 is 0 Å². The molecule has 0 aliphatic heterocycles. The van der Waals surface area contributed by atoms with Gasteiger partial charge in [-0.3, -0.25) is 4.79 Å². The number of carbonyl (C=O) groups is 1. The van der Waals surface area contributed by atoms with Gasteiger partial charge < -0.3 is 4.74 Å². The van der Waals surface area contributed by atoms with Crippen LogP contribution in [0.25, 0.3) is 0 Å². The zero-order valence-corrected chi connectivity index (χ0v) is 12.2. The second kappa shape index (κ2) is 6.04. The molecule has 21 heavy (non-hydrogen) atoms. The first-order chi connectivity index (χ1) is 9.86. The molecule has 0 aromatic heterocycles. The Balaban J connectivity index is 2.15. The molecule has 0 radical (unpaired) electrons. The Labute approximate surface area is 122 Å². The van der Waals surface area contributed by atoms with E-state index in [0.717, 1.165) is 34.9 Å². The molecule has 0 fully saturated rings. The van der Waals surface area contributed by atoms with Crippen molar-refractivity contribution < 1.29 is 18.3 Å². The Morgan fingerprint density at radius 2 is 1.48 bits per heavy atom. The molecule has 0 saturated carbocycles. The molecule has 2 rings (SSSR count). The third-order valence-electron chi connectivity index (χ3n) is 3.16. The number of benzene rings is 2. The summed E-state index contributed by atoms with van der Waals surface area (Å²) >= 11 is 0. The van der Waals surface area contributed by atoms with Crippen LogP contribution < -0.4 is 4.74 Å². The van der Waals surface area contributed by atoms with Crippen molar-refractivity contribution in [3.8, 4) is 5.75 Å². The molecule has 110 valence electrons. The van der Waals surface area contributed by atoms with Gasteiger partial charge in [-0.2, -0.15) is 0 Å². The number of ether oxygens (including phenoxy) is 1. The molecule has 0 saturated heterocycles. The van der Waals surface area contributed by atoms with E-state index in [2.05, 4.69) is 0 Å². The summed E-state index contributed by atoms with van der Waals surface area (Å²) in [5.41, 5.74) is 3.41. The zero-order chi connectivity index (χ0) is 15.6. The minimum absolute atomic E-state index is 0.00303. The third kappa shape index (κ3) is 3.66. The second-order valence-corrected chi connectivity index (χ2v) is 5.09. The van der Waals surface area contributed by atoms with Crippen molar-refractivity contribution in [1.29, 1.82) is 0 Å². The average molecular weight is 290 g/mol. The van der Waals surface area contributed by atoms with E-state index in [1.807, 2.05) is 32.9 Å². The molecule has 2 aromatic rings. The summed E-state index contributed by atoms with van der Waals surface area (Å²) in [7, 11) is 0. The van der Waals surface area contributed by atoms with Gasteiger partial charge in [0, 0.05) is 23.8 Å². The fourth-order valence-electron chi connectivity index (χ4n) is 2.45. The van der Waals surface area contributed by atoms with Crippen molar-refractivity contribution in [2.24, 2.45) is 0 Å². The Morgan fingerprint density at radius 3 is 2.00 bits per heavy atom. The van der Waals surface area contributed by atoms with Crippen molar-refractivity contribution in [3.63, 3.8) is 0 Å². The van der Waals surface area contributed by atoms with Gasteiger partial charge in [-0.15, -0.1) is 0 Å². The lowest BCUT2D eigenvalue weighted by atomic mass is 9.97. The minimum atomic E-state index is -0.736. The van der Waals surface area contributed by atoms with Gasteiger partial charge in [-0.25, -0.2) is 8.78 Å². The molecule has 0 heterocycles. The molecule has 0 spiro atoms. The van der Waals surface area contributed by atoms with Gasteiger partial charge in [-0.05, 0) is 31.9 Å². The van der Waals surface area contributed by atoms with Crippen LogP contribution in [0.5, 0.6) is 5.75 Å². The van der Waals surface area contributed by atoms with E-state index in [1.165, 1.54) is 0 Å². The second-order valence-electron chi connectivity index (χ2n) is 5.09. The molecule has 4 heteroatoms. The maximum Gasteiger partial charge on any atom is 0.200 e. The maximum atomic E-state index is 13.0. The summed E-state index contributed by atoms with van der Waals surface area (Å²) in [4.78, 5) is 12.2. The van der Waals surface area contributed by atoms with E-state index >= 15 is 0 Å². The van der Waals surface area contributed by atoms with Gasteiger partial charge in [0.1, 0.15) is 17.4 Å². The highest BCUT2D eigenvalue weighted by molar-refractivity contribution is 6.00. The van der Waals surface area contributed by atoms with Crippen LogP contribution in [0.1, 0.15) is 27.0 Å². The van der Waals surface area contributed by atoms with E-state index in [4.69, 9.17) is 4.74 Å². The van der Waals surface area contributed by atoms with E-state index < -0.39 is 11.6 Å². The fourth-order valence-corrected chi connectivity index (χ4v) is 2.45. The molecule has 0 bridgehead atoms. The first-order valence-corrected chi connectivity index (χ1v) is 6.57. The molecule has 0 N–H and O–H groups in total. The summed E-state index contributed by atoms with van der Waals surface area (Å²) in [5.74, 6) is -1.68. The van der Waals surface area contributed by atoms with Crippen LogP contribution in [0.2, 0.25) is 0 Å². The highest BCUT2D eigenvalue weighted by Crippen LogP contribution is 2.19. The Bertz CT molecular complexity index is 650. The summed E-state index contributed by atoms with van der Waals surface area (Å²) in [5, 5.41) is 0. The first-order valence-electron chi connectivity index (χ1n) is 6.57. The standard InChI is InChI=1S/C17H16F2O2/c1-10-4-11(2)17(12(3)5-10)16(20)9-21-15-7-13(18)6-14(19)8-15/h4-8H,9H2,1-3H3. The number of aryl methyl sites for hydroxylation is 3. The average Bonchev–Trinajstić information content (AvgIpc) is 2.34. The van der Waals surface area contributed by atoms with E-state index in [0.29, 0.717) is 5.56 Å². The number of Topliss-reactive ketones (excluding diaryl/α,β-unsaturated/α-hetero) is 1. The number of carbonyl (C=O) groups excluding carboxylic acids is 1. The van der Waals surface area contributed by atoms with Gasteiger partial charge in [0.25, 0.3) is 0 Å². The normalized spacial score (nSPS) is 10.5. The SMILES string of the molecule is Cc1cc(C)c(C(=O)COc2cc(F)cc(F)c2)c(C)c1. The molecule has 2 aromatic carbocycles. The van der Waals surface area contributed by atoms with E-state index in [9.17, 15) is 13.6 Å². The van der Waals surface area contributed by atoms with Crippen LogP contribution in [0, 0.1) is 32.4 Å². The molecule has 2 nitrogen and oxygen atoms in total. The lowest BCUT2D eigenvalue weighted by Crippen LogP contribution is -2.14. The number of hydrogen-bond donors (Lipinski definition) is 0. The largest absolute Gasteiger partial charge is 0.485 e. The molecule has 0 aliphatic carbocycles. The summed E-state index contributed by atoms with van der Waals surface area (Å²) in [6, 6.07) is 6.68. The van der Waals surface area contributed by atoms with Crippen LogP contribution in [0.4, 0.5) is 8.78 Å². The minimum Gasteiger partial charge on any atom is -0.485 e. The molecule has 0 unspecified atom stereocenters. The smallest absolute Gasteiger partial charge is 0.200 e.